The molecule has 0 amide bonds. The van der Waals surface area contributed by atoms with Gasteiger partial charge < -0.3 is 10.1 Å². The fourth-order valence-corrected chi connectivity index (χ4v) is 3.16. The Hall–Kier alpha value is -1.05. The van der Waals surface area contributed by atoms with Crippen LogP contribution in [0.2, 0.25) is 0 Å². The number of hydrogen-bond donors (Lipinski definition) is 1. The molecule has 1 aromatic rings. The smallest absolute Gasteiger partial charge is 0.428 e. The van der Waals surface area contributed by atoms with Crippen molar-refractivity contribution in [1.82, 2.24) is 10.2 Å². The summed E-state index contributed by atoms with van der Waals surface area (Å²) in [6.07, 6.45) is -4.53. The number of unbranched alkanes of at least 4 members (excludes halogenated alkanes) is 2. The van der Waals surface area contributed by atoms with Crippen LogP contribution in [0.1, 0.15) is 44.2 Å². The minimum atomic E-state index is -4.49. The third kappa shape index (κ3) is 6.28. The molecule has 0 radical (unpaired) electrons. The maximum Gasteiger partial charge on any atom is 0.461 e. The van der Waals surface area contributed by atoms with Gasteiger partial charge in [0.1, 0.15) is 5.75 Å². The van der Waals surface area contributed by atoms with Crippen molar-refractivity contribution >= 4 is 12.4 Å². The topological polar surface area (TPSA) is 24.5 Å². The monoisotopic (exact) mass is 398 g/mol. The Morgan fingerprint density at radius 1 is 1.15 bits per heavy atom. The summed E-state index contributed by atoms with van der Waals surface area (Å²) < 4.78 is 56.4. The van der Waals surface area contributed by atoms with Gasteiger partial charge in [-0.05, 0) is 12.5 Å². The molecule has 0 aliphatic carbocycles. The van der Waals surface area contributed by atoms with Crippen LogP contribution in [-0.4, -0.2) is 43.6 Å². The summed E-state index contributed by atoms with van der Waals surface area (Å²) in [7, 11) is 0. The molecule has 0 spiro atoms. The lowest BCUT2D eigenvalue weighted by atomic mass is 9.97. The number of nitrogens with zero attached hydrogens (tertiary/aromatic N) is 1. The second-order valence-electron chi connectivity index (χ2n) is 6.30. The normalized spacial score (nSPS) is 17.0. The van der Waals surface area contributed by atoms with E-state index in [0.717, 1.165) is 51.9 Å². The number of piperazine rings is 1. The minimum Gasteiger partial charge on any atom is -0.428 e. The molecule has 8 heteroatoms. The lowest BCUT2D eigenvalue weighted by molar-refractivity contribution is -0.253. The number of halogens is 5. The number of para-hydroxylation sites is 1. The zero-order chi connectivity index (χ0) is 18.3. The van der Waals surface area contributed by atoms with Crippen LogP contribution < -0.4 is 10.1 Å². The van der Waals surface area contributed by atoms with Gasteiger partial charge in [0.2, 0.25) is 0 Å². The molecule has 1 atom stereocenters. The van der Waals surface area contributed by atoms with Crippen molar-refractivity contribution in [3.8, 4) is 5.75 Å². The second kappa shape index (κ2) is 10.9. The van der Waals surface area contributed by atoms with Crippen LogP contribution in [0.15, 0.2) is 24.3 Å². The Labute approximate surface area is 158 Å². The zero-order valence-corrected chi connectivity index (χ0v) is 15.7. The highest BCUT2D eigenvalue weighted by Gasteiger charge is 2.44. The van der Waals surface area contributed by atoms with Crippen LogP contribution in [0.25, 0.3) is 0 Å². The maximum atomic E-state index is 13.4. The molecule has 2 rings (SSSR count). The zero-order valence-electron chi connectivity index (χ0n) is 14.9. The van der Waals surface area contributed by atoms with Gasteiger partial charge in [0.15, 0.2) is 0 Å². The summed E-state index contributed by atoms with van der Waals surface area (Å²) in [4.78, 5) is 2.22. The highest BCUT2D eigenvalue weighted by Crippen LogP contribution is 2.37. The van der Waals surface area contributed by atoms with Gasteiger partial charge in [0, 0.05) is 37.8 Å². The SMILES string of the molecule is CCCCC[C@H](c1ccccc1OC(F)(F)C(F)F)N1CCNCC1.Cl. The van der Waals surface area contributed by atoms with Crippen LogP contribution in [0.5, 0.6) is 5.75 Å². The van der Waals surface area contributed by atoms with Gasteiger partial charge in [-0.1, -0.05) is 44.4 Å². The van der Waals surface area contributed by atoms with E-state index in [2.05, 4.69) is 21.9 Å². The van der Waals surface area contributed by atoms with Crippen molar-refractivity contribution in [3.63, 3.8) is 0 Å². The third-order valence-corrected chi connectivity index (χ3v) is 4.45. The minimum absolute atomic E-state index is 0. The Balaban J connectivity index is 0.00000338. The molecular weight excluding hydrogens is 372 g/mol. The first kappa shape index (κ1) is 23.0. The molecule has 1 aliphatic heterocycles. The number of rotatable bonds is 9. The fraction of sp³-hybridized carbons (Fsp3) is 0.667. The molecule has 150 valence electrons. The Morgan fingerprint density at radius 3 is 2.42 bits per heavy atom. The van der Waals surface area contributed by atoms with Gasteiger partial charge >= 0.3 is 12.5 Å². The fourth-order valence-electron chi connectivity index (χ4n) is 3.16. The van der Waals surface area contributed by atoms with Gasteiger partial charge in [0.25, 0.3) is 0 Å². The molecule has 1 fully saturated rings. The lowest BCUT2D eigenvalue weighted by Gasteiger charge is -2.36. The molecule has 0 bridgehead atoms. The number of hydrogen-bond acceptors (Lipinski definition) is 3. The summed E-state index contributed by atoms with van der Waals surface area (Å²) in [5.74, 6) is -0.159. The molecule has 1 N–H and O–H groups in total. The number of ether oxygens (including phenoxy) is 1. The van der Waals surface area contributed by atoms with Crippen LogP contribution in [0, 0.1) is 0 Å². The van der Waals surface area contributed by atoms with Crippen molar-refractivity contribution in [1.29, 1.82) is 0 Å². The summed E-state index contributed by atoms with van der Waals surface area (Å²) >= 11 is 0. The van der Waals surface area contributed by atoms with E-state index in [-0.39, 0.29) is 24.2 Å². The Bertz CT molecular complexity index is 528. The first-order valence-corrected chi connectivity index (χ1v) is 8.84. The molecule has 1 saturated heterocycles. The molecule has 0 unspecified atom stereocenters. The van der Waals surface area contributed by atoms with E-state index in [9.17, 15) is 17.6 Å². The Kier molecular flexibility index (Phi) is 9.68. The average molecular weight is 399 g/mol. The highest BCUT2D eigenvalue weighted by molar-refractivity contribution is 5.85. The van der Waals surface area contributed by atoms with Crippen molar-refractivity contribution in [2.45, 2.75) is 51.2 Å². The Morgan fingerprint density at radius 2 is 1.81 bits per heavy atom. The van der Waals surface area contributed by atoms with Gasteiger partial charge in [-0.2, -0.15) is 17.6 Å². The molecule has 0 aromatic heterocycles. The molecule has 26 heavy (non-hydrogen) atoms. The van der Waals surface area contributed by atoms with Crippen molar-refractivity contribution < 1.29 is 22.3 Å². The molecule has 1 aliphatic rings. The third-order valence-electron chi connectivity index (χ3n) is 4.45. The lowest BCUT2D eigenvalue weighted by Crippen LogP contribution is -2.45. The van der Waals surface area contributed by atoms with E-state index in [1.807, 2.05) is 0 Å². The van der Waals surface area contributed by atoms with E-state index in [1.54, 1.807) is 12.1 Å². The molecule has 0 saturated carbocycles. The van der Waals surface area contributed by atoms with Gasteiger partial charge in [0.05, 0.1) is 0 Å². The standard InChI is InChI=1S/C18H26F4N2O.ClH/c1-2-3-4-8-15(24-12-10-23-11-13-24)14-7-5-6-9-16(14)25-18(21,22)17(19)20;/h5-7,9,15,17,23H,2-4,8,10-13H2,1H3;1H/t15-;/m1./s1. The van der Waals surface area contributed by atoms with Gasteiger partial charge in [-0.25, -0.2) is 0 Å². The summed E-state index contributed by atoms with van der Waals surface area (Å²) in [5, 5.41) is 3.26. The summed E-state index contributed by atoms with van der Waals surface area (Å²) in [6, 6.07) is 6.20. The molecule has 3 nitrogen and oxygen atoms in total. The maximum absolute atomic E-state index is 13.4. The molecule has 1 aromatic carbocycles. The summed E-state index contributed by atoms with van der Waals surface area (Å²) in [6.45, 7) is 5.31. The average Bonchev–Trinajstić information content (AvgIpc) is 2.60. The van der Waals surface area contributed by atoms with E-state index in [4.69, 9.17) is 0 Å². The van der Waals surface area contributed by atoms with Crippen LogP contribution in [0.3, 0.4) is 0 Å². The number of nitrogens with one attached hydrogen (secondary N) is 1. The summed E-state index contributed by atoms with van der Waals surface area (Å²) in [5.41, 5.74) is 0.556. The van der Waals surface area contributed by atoms with Crippen molar-refractivity contribution in [2.24, 2.45) is 0 Å². The predicted molar refractivity (Wildman–Crippen MR) is 96.6 cm³/mol. The van der Waals surface area contributed by atoms with E-state index >= 15 is 0 Å². The van der Waals surface area contributed by atoms with Crippen molar-refractivity contribution in [3.05, 3.63) is 29.8 Å². The van der Waals surface area contributed by atoms with Crippen LogP contribution in [0.4, 0.5) is 17.6 Å². The van der Waals surface area contributed by atoms with Gasteiger partial charge in [-0.3, -0.25) is 4.90 Å². The molecular formula is C18H27ClF4N2O. The molecule has 1 heterocycles. The van der Waals surface area contributed by atoms with E-state index in [0.29, 0.717) is 5.56 Å². The van der Waals surface area contributed by atoms with E-state index < -0.39 is 12.5 Å². The van der Waals surface area contributed by atoms with Crippen molar-refractivity contribution in [2.75, 3.05) is 26.2 Å². The van der Waals surface area contributed by atoms with E-state index in [1.165, 1.54) is 12.1 Å². The number of alkyl halides is 4. The number of benzene rings is 1. The van der Waals surface area contributed by atoms with Crippen LogP contribution in [-0.2, 0) is 0 Å². The first-order valence-electron chi connectivity index (χ1n) is 8.84. The predicted octanol–water partition coefficient (Wildman–Crippen LogP) is 4.87. The van der Waals surface area contributed by atoms with Crippen LogP contribution >= 0.6 is 12.4 Å². The quantitative estimate of drug-likeness (QED) is 0.474. The first-order chi connectivity index (χ1) is 12.0. The largest absolute Gasteiger partial charge is 0.461 e. The second-order valence-corrected chi connectivity index (χ2v) is 6.30. The highest BCUT2D eigenvalue weighted by atomic mass is 35.5. The van der Waals surface area contributed by atoms with Gasteiger partial charge in [-0.15, -0.1) is 12.4 Å².